The molecule has 0 aromatic heterocycles. The van der Waals surface area contributed by atoms with E-state index in [-0.39, 0.29) is 12.4 Å². The van der Waals surface area contributed by atoms with E-state index in [9.17, 15) is 33.9 Å². The molecule has 0 saturated carbocycles. The topological polar surface area (TPSA) is 205 Å². The van der Waals surface area contributed by atoms with E-state index < -0.39 is 58.5 Å². The summed E-state index contributed by atoms with van der Waals surface area (Å²) in [5.41, 5.74) is 0. The summed E-state index contributed by atoms with van der Waals surface area (Å²) >= 11 is 0. The highest BCUT2D eigenvalue weighted by atomic mass is 31.3. The van der Waals surface area contributed by atoms with Gasteiger partial charge in [0, 0.05) is 0 Å². The fraction of sp³-hybridized carbons (Fsp3) is 0.733. The summed E-state index contributed by atoms with van der Waals surface area (Å²) in [5, 5.41) is 29.9. The standard InChI is InChI=1S/C15H27N3O11P2/c1-18(2,3)6-7-26-30(22,23)29-31(24,25)27-8-10-12(19)13(20)14(28-10)9-4-5-11(16)17-15(9)21/h4-5,9-10,12-14,19-20H,6-8H2,1-3H3,(H3-,16,17,21,22,23,24,25)/p+1/t9?,10-,12?,13?,14+/m1/s1. The number of rotatable bonds is 10. The van der Waals surface area contributed by atoms with E-state index in [1.165, 1.54) is 12.2 Å². The molecule has 0 spiro atoms. The molecule has 2 aliphatic rings. The van der Waals surface area contributed by atoms with Crippen LogP contribution >= 0.6 is 15.6 Å². The zero-order valence-electron chi connectivity index (χ0n) is 17.2. The number of hydrogen-bond acceptors (Lipinski definition) is 10. The third kappa shape index (κ3) is 7.81. The van der Waals surface area contributed by atoms with Gasteiger partial charge in [-0.15, -0.1) is 0 Å². The summed E-state index contributed by atoms with van der Waals surface area (Å²) < 4.78 is 43.1. The number of nitrogens with zero attached hydrogens (tertiary/aromatic N) is 1. The van der Waals surface area contributed by atoms with Gasteiger partial charge in [-0.3, -0.25) is 19.3 Å². The van der Waals surface area contributed by atoms with Crippen molar-refractivity contribution in [1.29, 1.82) is 5.41 Å². The molecule has 1 saturated heterocycles. The Balaban J connectivity index is 1.91. The van der Waals surface area contributed by atoms with Crippen molar-refractivity contribution in [2.24, 2.45) is 5.92 Å². The first-order valence-electron chi connectivity index (χ1n) is 9.16. The molecule has 0 radical (unpaired) electrons. The lowest BCUT2D eigenvalue weighted by Gasteiger charge is -2.25. The average Bonchev–Trinajstić information content (AvgIpc) is 2.86. The van der Waals surface area contributed by atoms with Gasteiger partial charge in [0.1, 0.15) is 43.4 Å². The first kappa shape index (κ1) is 26.2. The number of amides is 1. The number of carbonyl (C=O) groups is 1. The molecule has 2 heterocycles. The van der Waals surface area contributed by atoms with Gasteiger partial charge in [0.25, 0.3) is 0 Å². The molecule has 14 nitrogen and oxygen atoms in total. The molecule has 16 heteroatoms. The molecule has 178 valence electrons. The Morgan fingerprint density at radius 1 is 1.16 bits per heavy atom. The van der Waals surface area contributed by atoms with E-state index in [1.807, 2.05) is 0 Å². The Bertz CT molecular complexity index is 815. The van der Waals surface area contributed by atoms with Gasteiger partial charge in [0.05, 0.1) is 33.7 Å². The van der Waals surface area contributed by atoms with E-state index in [2.05, 4.69) is 18.7 Å². The van der Waals surface area contributed by atoms with Crippen molar-refractivity contribution in [1.82, 2.24) is 5.32 Å². The largest absolute Gasteiger partial charge is 0.481 e. The number of amidine groups is 1. The van der Waals surface area contributed by atoms with Crippen LogP contribution in [0.3, 0.4) is 0 Å². The van der Waals surface area contributed by atoms with Crippen LogP contribution in [-0.2, 0) is 32.0 Å². The predicted octanol–water partition coefficient (Wildman–Crippen LogP) is -1.29. The van der Waals surface area contributed by atoms with Gasteiger partial charge in [-0.1, -0.05) is 6.08 Å². The number of ether oxygens (including phenoxy) is 1. The fourth-order valence-corrected chi connectivity index (χ4v) is 4.86. The number of nitrogens with one attached hydrogen (secondary N) is 2. The molecule has 7 atom stereocenters. The highest BCUT2D eigenvalue weighted by Crippen LogP contribution is 2.60. The summed E-state index contributed by atoms with van der Waals surface area (Å²) in [5.74, 6) is -1.80. The van der Waals surface area contributed by atoms with Gasteiger partial charge in [-0.2, -0.15) is 4.31 Å². The number of aliphatic hydroxyl groups excluding tert-OH is 2. The SMILES string of the molecule is C[N+](C)(C)CCOP(=O)(O)OP(=O)(O)OC[C@H]1O[C@@H](C2C=CC(=N)NC2=O)C(O)C1O. The van der Waals surface area contributed by atoms with E-state index in [0.29, 0.717) is 11.0 Å². The van der Waals surface area contributed by atoms with Crippen LogP contribution in [0.1, 0.15) is 0 Å². The minimum atomic E-state index is -5.10. The van der Waals surface area contributed by atoms with Crippen LogP contribution in [0.4, 0.5) is 0 Å². The molecular weight excluding hydrogens is 460 g/mol. The molecular formula is C15H28N3O11P2+. The van der Waals surface area contributed by atoms with Crippen molar-refractivity contribution in [3.05, 3.63) is 12.2 Å². The Labute approximate surface area is 178 Å². The van der Waals surface area contributed by atoms with Crippen molar-refractivity contribution in [3.63, 3.8) is 0 Å². The molecule has 2 rings (SSSR count). The molecule has 2 aliphatic heterocycles. The van der Waals surface area contributed by atoms with Crippen LogP contribution < -0.4 is 5.32 Å². The van der Waals surface area contributed by atoms with Gasteiger partial charge in [-0.05, 0) is 6.08 Å². The zero-order valence-corrected chi connectivity index (χ0v) is 18.9. The minimum Gasteiger partial charge on any atom is -0.388 e. The molecule has 0 bridgehead atoms. The predicted molar refractivity (Wildman–Crippen MR) is 105 cm³/mol. The summed E-state index contributed by atoms with van der Waals surface area (Å²) in [6.07, 6.45) is -3.08. The lowest BCUT2D eigenvalue weighted by molar-refractivity contribution is -0.870. The maximum absolute atomic E-state index is 12.0. The number of likely N-dealkylation sites (N-methyl/N-ethyl adjacent to an activating group) is 1. The lowest BCUT2D eigenvalue weighted by Crippen LogP contribution is -2.46. The van der Waals surface area contributed by atoms with Crippen LogP contribution in [0.5, 0.6) is 0 Å². The molecule has 1 fully saturated rings. The molecule has 1 amide bonds. The first-order valence-corrected chi connectivity index (χ1v) is 12.1. The molecule has 0 aliphatic carbocycles. The second-order valence-corrected chi connectivity index (χ2v) is 11.1. The number of aliphatic hydroxyl groups is 2. The monoisotopic (exact) mass is 488 g/mol. The molecule has 0 aromatic carbocycles. The van der Waals surface area contributed by atoms with Crippen LogP contribution in [0.2, 0.25) is 0 Å². The van der Waals surface area contributed by atoms with Crippen molar-refractivity contribution in [2.75, 3.05) is 40.9 Å². The smallest absolute Gasteiger partial charge is 0.388 e. The molecule has 0 aromatic rings. The second-order valence-electron chi connectivity index (χ2n) is 8.07. The van der Waals surface area contributed by atoms with Crippen molar-refractivity contribution < 1.29 is 56.5 Å². The van der Waals surface area contributed by atoms with Crippen molar-refractivity contribution >= 4 is 27.4 Å². The Kier molecular flexibility index (Phi) is 8.34. The number of carbonyl (C=O) groups excluding carboxylic acids is 1. The van der Waals surface area contributed by atoms with Crippen LogP contribution in [0.15, 0.2) is 12.2 Å². The lowest BCUT2D eigenvalue weighted by atomic mass is 9.93. The average molecular weight is 488 g/mol. The Hall–Kier alpha value is -1.02. The van der Waals surface area contributed by atoms with Gasteiger partial charge < -0.3 is 34.5 Å². The Morgan fingerprint density at radius 3 is 2.35 bits per heavy atom. The van der Waals surface area contributed by atoms with Crippen molar-refractivity contribution in [2.45, 2.75) is 24.4 Å². The van der Waals surface area contributed by atoms with Crippen LogP contribution in [0.25, 0.3) is 0 Å². The number of quaternary nitrogens is 1. The number of phosphoric acid groups is 2. The minimum absolute atomic E-state index is 0.148. The van der Waals surface area contributed by atoms with E-state index in [4.69, 9.17) is 10.1 Å². The van der Waals surface area contributed by atoms with E-state index in [0.717, 1.165) is 0 Å². The summed E-state index contributed by atoms with van der Waals surface area (Å²) in [7, 11) is -4.61. The second kappa shape index (κ2) is 9.86. The first-order chi connectivity index (χ1) is 14.1. The summed E-state index contributed by atoms with van der Waals surface area (Å²) in [6, 6.07) is 0. The van der Waals surface area contributed by atoms with E-state index >= 15 is 0 Å². The van der Waals surface area contributed by atoms with Gasteiger partial charge in [0.15, 0.2) is 0 Å². The van der Waals surface area contributed by atoms with Crippen LogP contribution in [0, 0.1) is 11.3 Å². The fourth-order valence-electron chi connectivity index (χ4n) is 2.79. The van der Waals surface area contributed by atoms with Crippen molar-refractivity contribution in [3.8, 4) is 0 Å². The normalized spacial score (nSPS) is 33.1. The molecule has 31 heavy (non-hydrogen) atoms. The molecule has 5 unspecified atom stereocenters. The zero-order chi connectivity index (χ0) is 23.6. The highest BCUT2D eigenvalue weighted by Gasteiger charge is 2.49. The van der Waals surface area contributed by atoms with E-state index in [1.54, 1.807) is 21.1 Å². The van der Waals surface area contributed by atoms with Gasteiger partial charge >= 0.3 is 15.6 Å². The van der Waals surface area contributed by atoms with Gasteiger partial charge in [0.2, 0.25) is 5.91 Å². The number of phosphoric ester groups is 2. The third-order valence-electron chi connectivity index (χ3n) is 4.41. The maximum Gasteiger partial charge on any atom is 0.481 e. The summed E-state index contributed by atoms with van der Waals surface area (Å²) in [6.45, 7) is -0.714. The third-order valence-corrected chi connectivity index (χ3v) is 7.04. The summed E-state index contributed by atoms with van der Waals surface area (Å²) in [4.78, 5) is 31.3. The Morgan fingerprint density at radius 2 is 1.77 bits per heavy atom. The van der Waals surface area contributed by atoms with Gasteiger partial charge in [-0.25, -0.2) is 9.13 Å². The maximum atomic E-state index is 12.0. The van der Waals surface area contributed by atoms with Crippen LogP contribution in [-0.4, -0.2) is 102 Å². The number of hydrogen-bond donors (Lipinski definition) is 6. The highest BCUT2D eigenvalue weighted by molar-refractivity contribution is 7.61. The quantitative estimate of drug-likeness (QED) is 0.158. The molecule has 6 N–H and O–H groups in total.